The van der Waals surface area contributed by atoms with Gasteiger partial charge in [0.05, 0.1) is 11.6 Å². The van der Waals surface area contributed by atoms with Gasteiger partial charge in [-0.1, -0.05) is 26.8 Å². The van der Waals surface area contributed by atoms with Crippen LogP contribution in [0, 0.1) is 5.82 Å². The third kappa shape index (κ3) is 2.08. The van der Waals surface area contributed by atoms with Crippen molar-refractivity contribution in [1.82, 2.24) is 0 Å². The molecule has 0 fully saturated rings. The Balaban J connectivity index is 3.39. The number of methoxy groups -OCH3 is 1. The van der Waals surface area contributed by atoms with Crippen LogP contribution in [-0.2, 0) is 5.41 Å². The molecule has 78 valence electrons. The van der Waals surface area contributed by atoms with Crippen molar-refractivity contribution in [2.75, 3.05) is 7.11 Å². The molecule has 1 nitrogen and oxygen atoms in total. The largest absolute Gasteiger partial charge is 0.493 e. The van der Waals surface area contributed by atoms with Gasteiger partial charge in [0.2, 0.25) is 0 Å². The standard InChI is InChI=1S/C11H14BrFO/c1-11(2,3)7-5-6-8(12)9(13)10(7)14-4/h5-6H,1-4H3. The van der Waals surface area contributed by atoms with Gasteiger partial charge in [-0.25, -0.2) is 4.39 Å². The molecular weight excluding hydrogens is 247 g/mol. The van der Waals surface area contributed by atoms with Crippen molar-refractivity contribution < 1.29 is 9.13 Å². The lowest BCUT2D eigenvalue weighted by Crippen LogP contribution is -2.13. The quantitative estimate of drug-likeness (QED) is 0.745. The Morgan fingerprint density at radius 3 is 2.29 bits per heavy atom. The van der Waals surface area contributed by atoms with Gasteiger partial charge < -0.3 is 4.74 Å². The molecule has 0 saturated heterocycles. The van der Waals surface area contributed by atoms with E-state index in [0.29, 0.717) is 10.2 Å². The third-order valence-electron chi connectivity index (χ3n) is 2.06. The third-order valence-corrected chi connectivity index (χ3v) is 2.67. The molecule has 1 aromatic carbocycles. The van der Waals surface area contributed by atoms with E-state index in [1.165, 1.54) is 7.11 Å². The summed E-state index contributed by atoms with van der Waals surface area (Å²) in [5.41, 5.74) is 0.757. The number of halogens is 2. The number of hydrogen-bond acceptors (Lipinski definition) is 1. The highest BCUT2D eigenvalue weighted by Crippen LogP contribution is 2.36. The second-order valence-electron chi connectivity index (χ2n) is 4.19. The average Bonchev–Trinajstić information content (AvgIpc) is 2.07. The van der Waals surface area contributed by atoms with Gasteiger partial charge in [0.15, 0.2) is 11.6 Å². The van der Waals surface area contributed by atoms with E-state index < -0.39 is 0 Å². The summed E-state index contributed by atoms with van der Waals surface area (Å²) in [5, 5.41) is 0. The van der Waals surface area contributed by atoms with E-state index in [4.69, 9.17) is 4.74 Å². The molecule has 14 heavy (non-hydrogen) atoms. The van der Waals surface area contributed by atoms with Gasteiger partial charge in [0.25, 0.3) is 0 Å². The number of hydrogen-bond donors (Lipinski definition) is 0. The molecule has 0 aliphatic rings. The average molecular weight is 261 g/mol. The SMILES string of the molecule is COc1c(C(C)(C)C)ccc(Br)c1F. The summed E-state index contributed by atoms with van der Waals surface area (Å²) < 4.78 is 19.1. The molecule has 0 aromatic heterocycles. The van der Waals surface area contributed by atoms with Crippen molar-refractivity contribution in [3.63, 3.8) is 0 Å². The summed E-state index contributed by atoms with van der Waals surface area (Å²) in [5.74, 6) is -0.00759. The maximum Gasteiger partial charge on any atom is 0.179 e. The molecule has 0 N–H and O–H groups in total. The van der Waals surface area contributed by atoms with Gasteiger partial charge in [-0.05, 0) is 27.4 Å². The Kier molecular flexibility index (Phi) is 3.20. The molecule has 0 heterocycles. The van der Waals surface area contributed by atoms with Crippen molar-refractivity contribution in [3.8, 4) is 5.75 Å². The normalized spacial score (nSPS) is 11.6. The maximum atomic E-state index is 13.6. The molecule has 0 saturated carbocycles. The maximum absolute atomic E-state index is 13.6. The number of benzene rings is 1. The van der Waals surface area contributed by atoms with Gasteiger partial charge in [-0.2, -0.15) is 0 Å². The first-order valence-corrected chi connectivity index (χ1v) is 5.19. The van der Waals surface area contributed by atoms with Gasteiger partial charge in [-0.3, -0.25) is 0 Å². The molecule has 0 spiro atoms. The fraction of sp³-hybridized carbons (Fsp3) is 0.455. The van der Waals surface area contributed by atoms with Crippen LogP contribution in [-0.4, -0.2) is 7.11 Å². The van der Waals surface area contributed by atoms with Crippen LogP contribution >= 0.6 is 15.9 Å². The Morgan fingerprint density at radius 2 is 1.86 bits per heavy atom. The van der Waals surface area contributed by atoms with Crippen molar-refractivity contribution in [2.45, 2.75) is 26.2 Å². The van der Waals surface area contributed by atoms with Crippen molar-refractivity contribution >= 4 is 15.9 Å². The van der Waals surface area contributed by atoms with Crippen molar-refractivity contribution in [1.29, 1.82) is 0 Å². The van der Waals surface area contributed by atoms with E-state index in [0.717, 1.165) is 5.56 Å². The monoisotopic (exact) mass is 260 g/mol. The highest BCUT2D eigenvalue weighted by atomic mass is 79.9. The summed E-state index contributed by atoms with van der Waals surface area (Å²) in [6.45, 7) is 6.08. The Labute approximate surface area is 92.4 Å². The highest BCUT2D eigenvalue weighted by molar-refractivity contribution is 9.10. The van der Waals surface area contributed by atoms with Gasteiger partial charge in [-0.15, -0.1) is 0 Å². The second kappa shape index (κ2) is 3.89. The first-order valence-electron chi connectivity index (χ1n) is 4.40. The molecule has 0 unspecified atom stereocenters. The molecule has 3 heteroatoms. The minimum Gasteiger partial charge on any atom is -0.493 e. The molecule has 1 rings (SSSR count). The number of ether oxygens (including phenoxy) is 1. The molecule has 0 amide bonds. The molecule has 0 aliphatic heterocycles. The molecule has 0 bridgehead atoms. The predicted octanol–water partition coefficient (Wildman–Crippen LogP) is 3.89. The first kappa shape index (κ1) is 11.5. The summed E-state index contributed by atoms with van der Waals surface area (Å²) in [7, 11) is 1.49. The molecule has 0 radical (unpaired) electrons. The summed E-state index contributed by atoms with van der Waals surface area (Å²) in [6.07, 6.45) is 0. The Bertz CT molecular complexity index is 342. The molecule has 1 aromatic rings. The van der Waals surface area contributed by atoms with E-state index in [9.17, 15) is 4.39 Å². The van der Waals surface area contributed by atoms with Crippen LogP contribution in [0.2, 0.25) is 0 Å². The fourth-order valence-electron chi connectivity index (χ4n) is 1.32. The van der Waals surface area contributed by atoms with Crippen molar-refractivity contribution in [3.05, 3.63) is 28.0 Å². The highest BCUT2D eigenvalue weighted by Gasteiger charge is 2.22. The predicted molar refractivity (Wildman–Crippen MR) is 59.4 cm³/mol. The van der Waals surface area contributed by atoms with E-state index in [1.807, 2.05) is 26.8 Å². The molecule has 0 atom stereocenters. The van der Waals surface area contributed by atoms with Gasteiger partial charge >= 0.3 is 0 Å². The lowest BCUT2D eigenvalue weighted by atomic mass is 9.86. The van der Waals surface area contributed by atoms with E-state index in [1.54, 1.807) is 6.07 Å². The van der Waals surface area contributed by atoms with Crippen molar-refractivity contribution in [2.24, 2.45) is 0 Å². The zero-order valence-corrected chi connectivity index (χ0v) is 10.4. The smallest absolute Gasteiger partial charge is 0.179 e. The van der Waals surface area contributed by atoms with Gasteiger partial charge in [0, 0.05) is 5.56 Å². The van der Waals surface area contributed by atoms with E-state index >= 15 is 0 Å². The van der Waals surface area contributed by atoms with Crippen LogP contribution < -0.4 is 4.74 Å². The van der Waals surface area contributed by atoms with Crippen LogP contribution in [0.1, 0.15) is 26.3 Å². The molecular formula is C11H14BrFO. The second-order valence-corrected chi connectivity index (χ2v) is 5.05. The van der Waals surface area contributed by atoms with Crippen LogP contribution in [0.25, 0.3) is 0 Å². The van der Waals surface area contributed by atoms with Crippen LogP contribution in [0.15, 0.2) is 16.6 Å². The minimum absolute atomic E-state index is 0.118. The van der Waals surface area contributed by atoms with Crippen LogP contribution in [0.4, 0.5) is 4.39 Å². The topological polar surface area (TPSA) is 9.23 Å². The fourth-order valence-corrected chi connectivity index (χ4v) is 1.63. The zero-order chi connectivity index (χ0) is 10.9. The lowest BCUT2D eigenvalue weighted by Gasteiger charge is -2.22. The zero-order valence-electron chi connectivity index (χ0n) is 8.82. The lowest BCUT2D eigenvalue weighted by molar-refractivity contribution is 0.369. The van der Waals surface area contributed by atoms with E-state index in [2.05, 4.69) is 15.9 Å². The van der Waals surface area contributed by atoms with Crippen LogP contribution in [0.5, 0.6) is 5.75 Å². The summed E-state index contributed by atoms with van der Waals surface area (Å²) >= 11 is 3.13. The summed E-state index contributed by atoms with van der Waals surface area (Å²) in [4.78, 5) is 0. The Morgan fingerprint density at radius 1 is 1.29 bits per heavy atom. The Hall–Kier alpha value is -0.570. The molecule has 0 aliphatic carbocycles. The summed E-state index contributed by atoms with van der Waals surface area (Å²) in [6, 6.07) is 3.59. The minimum atomic E-state index is -0.333. The first-order chi connectivity index (χ1) is 6.38. The van der Waals surface area contributed by atoms with E-state index in [-0.39, 0.29) is 11.2 Å². The van der Waals surface area contributed by atoms with Crippen LogP contribution in [0.3, 0.4) is 0 Å². The number of rotatable bonds is 1. The van der Waals surface area contributed by atoms with Gasteiger partial charge in [0.1, 0.15) is 0 Å².